The summed E-state index contributed by atoms with van der Waals surface area (Å²) in [6.45, 7) is 3.82. The first-order valence-electron chi connectivity index (χ1n) is 9.97. The minimum absolute atomic E-state index is 0.00805. The van der Waals surface area contributed by atoms with Crippen LogP contribution < -0.4 is 15.4 Å². The lowest BCUT2D eigenvalue weighted by Crippen LogP contribution is -2.28. The standard InChI is InChI=1S/C22H26N4O5S/c1-5-30-18-12-11-17(14-19(18)32(28,29)26(3)4)23-21(16-9-7-6-8-10-16)22(27)24-20-13-15(2)31-25-20/h6-14,21,23H,5H2,1-4H3,(H,24,25,27)/t21-/m0/s1. The monoisotopic (exact) mass is 458 g/mol. The lowest BCUT2D eigenvalue weighted by atomic mass is 10.1. The lowest BCUT2D eigenvalue weighted by molar-refractivity contribution is -0.117. The molecule has 0 spiro atoms. The second kappa shape index (κ2) is 9.84. The van der Waals surface area contributed by atoms with Gasteiger partial charge >= 0.3 is 0 Å². The molecule has 3 rings (SSSR count). The van der Waals surface area contributed by atoms with Crippen molar-refractivity contribution >= 4 is 27.4 Å². The number of amides is 1. The molecule has 0 radical (unpaired) electrons. The number of nitrogens with one attached hydrogen (secondary N) is 2. The fourth-order valence-corrected chi connectivity index (χ4v) is 4.06. The van der Waals surface area contributed by atoms with Crippen molar-refractivity contribution in [3.8, 4) is 5.75 Å². The van der Waals surface area contributed by atoms with Gasteiger partial charge in [0.05, 0.1) is 6.61 Å². The quantitative estimate of drug-likeness (QED) is 0.505. The van der Waals surface area contributed by atoms with Crippen molar-refractivity contribution in [3.05, 3.63) is 65.9 Å². The molecule has 0 saturated carbocycles. The number of nitrogens with zero attached hydrogens (tertiary/aromatic N) is 2. The van der Waals surface area contributed by atoms with Crippen LogP contribution in [0, 0.1) is 6.92 Å². The van der Waals surface area contributed by atoms with Crippen molar-refractivity contribution in [3.63, 3.8) is 0 Å². The van der Waals surface area contributed by atoms with Crippen LogP contribution in [0.3, 0.4) is 0 Å². The third-order valence-electron chi connectivity index (χ3n) is 4.59. The maximum Gasteiger partial charge on any atom is 0.252 e. The van der Waals surface area contributed by atoms with Crippen LogP contribution >= 0.6 is 0 Å². The molecular weight excluding hydrogens is 432 g/mol. The van der Waals surface area contributed by atoms with Crippen LogP contribution in [0.25, 0.3) is 0 Å². The lowest BCUT2D eigenvalue weighted by Gasteiger charge is -2.21. The smallest absolute Gasteiger partial charge is 0.252 e. The minimum Gasteiger partial charge on any atom is -0.492 e. The van der Waals surface area contributed by atoms with Gasteiger partial charge in [0.1, 0.15) is 22.4 Å². The van der Waals surface area contributed by atoms with Crippen LogP contribution in [0.5, 0.6) is 5.75 Å². The molecule has 2 N–H and O–H groups in total. The highest BCUT2D eigenvalue weighted by molar-refractivity contribution is 7.89. The molecule has 1 amide bonds. The van der Waals surface area contributed by atoms with Crippen molar-refractivity contribution in [2.24, 2.45) is 0 Å². The maximum atomic E-state index is 13.1. The summed E-state index contributed by atoms with van der Waals surface area (Å²) in [7, 11) is -0.874. The first-order chi connectivity index (χ1) is 15.2. The van der Waals surface area contributed by atoms with Crippen LogP contribution in [-0.4, -0.2) is 44.5 Å². The summed E-state index contributed by atoms with van der Waals surface area (Å²) in [5.41, 5.74) is 1.13. The zero-order valence-corrected chi connectivity index (χ0v) is 19.1. The molecule has 10 heteroatoms. The number of hydrogen-bond donors (Lipinski definition) is 2. The first kappa shape index (κ1) is 23.3. The molecule has 1 atom stereocenters. The first-order valence-corrected chi connectivity index (χ1v) is 11.4. The minimum atomic E-state index is -3.77. The topological polar surface area (TPSA) is 114 Å². The summed E-state index contributed by atoms with van der Waals surface area (Å²) in [6.07, 6.45) is 0. The maximum absolute atomic E-state index is 13.1. The van der Waals surface area contributed by atoms with E-state index in [1.54, 1.807) is 44.2 Å². The SMILES string of the molecule is CCOc1ccc(N[C@H](C(=O)Nc2cc(C)on2)c2ccccc2)cc1S(=O)(=O)N(C)C. The number of aryl methyl sites for hydroxylation is 1. The number of aromatic nitrogens is 1. The second-order valence-electron chi connectivity index (χ2n) is 7.18. The summed E-state index contributed by atoms with van der Waals surface area (Å²) in [4.78, 5) is 13.1. The van der Waals surface area contributed by atoms with Gasteiger partial charge in [0.15, 0.2) is 5.82 Å². The molecule has 0 fully saturated rings. The van der Waals surface area contributed by atoms with E-state index in [4.69, 9.17) is 9.26 Å². The number of ether oxygens (including phenoxy) is 1. The average Bonchev–Trinajstić information content (AvgIpc) is 3.17. The molecule has 0 bridgehead atoms. The molecule has 1 heterocycles. The molecule has 3 aromatic rings. The van der Waals surface area contributed by atoms with Gasteiger partial charge < -0.3 is 19.9 Å². The zero-order valence-electron chi connectivity index (χ0n) is 18.3. The van der Waals surface area contributed by atoms with Gasteiger partial charge in [0, 0.05) is 25.8 Å². The van der Waals surface area contributed by atoms with Gasteiger partial charge in [-0.05, 0) is 37.6 Å². The predicted molar refractivity (Wildman–Crippen MR) is 121 cm³/mol. The summed E-state index contributed by atoms with van der Waals surface area (Å²) in [6, 6.07) is 14.6. The predicted octanol–water partition coefficient (Wildman–Crippen LogP) is 3.42. The molecule has 0 unspecified atom stereocenters. The molecule has 0 saturated heterocycles. The van der Waals surface area contributed by atoms with E-state index in [0.717, 1.165) is 4.31 Å². The number of hydrogen-bond acceptors (Lipinski definition) is 7. The van der Waals surface area contributed by atoms with Gasteiger partial charge in [-0.1, -0.05) is 35.5 Å². The molecule has 0 aliphatic carbocycles. The highest BCUT2D eigenvalue weighted by atomic mass is 32.2. The Morgan fingerprint density at radius 3 is 2.47 bits per heavy atom. The Morgan fingerprint density at radius 1 is 1.16 bits per heavy atom. The summed E-state index contributed by atoms with van der Waals surface area (Å²) >= 11 is 0. The number of carbonyl (C=O) groups is 1. The van der Waals surface area contributed by atoms with Crippen LogP contribution in [-0.2, 0) is 14.8 Å². The highest BCUT2D eigenvalue weighted by Crippen LogP contribution is 2.31. The molecule has 0 aliphatic rings. The van der Waals surface area contributed by atoms with Crippen molar-refractivity contribution in [2.75, 3.05) is 31.3 Å². The number of anilines is 2. The van der Waals surface area contributed by atoms with Gasteiger partial charge in [-0.3, -0.25) is 4.79 Å². The molecule has 9 nitrogen and oxygen atoms in total. The van der Waals surface area contributed by atoms with Crippen LogP contribution in [0.1, 0.15) is 24.3 Å². The van der Waals surface area contributed by atoms with Crippen LogP contribution in [0.2, 0.25) is 0 Å². The van der Waals surface area contributed by atoms with Gasteiger partial charge in [-0.25, -0.2) is 12.7 Å². The van der Waals surface area contributed by atoms with Gasteiger partial charge in [0.2, 0.25) is 10.0 Å². The van der Waals surface area contributed by atoms with Gasteiger partial charge in [-0.15, -0.1) is 0 Å². The summed E-state index contributed by atoms with van der Waals surface area (Å²) in [5, 5.41) is 9.65. The van der Waals surface area contributed by atoms with Crippen molar-refractivity contribution in [1.82, 2.24) is 9.46 Å². The molecule has 32 heavy (non-hydrogen) atoms. The van der Waals surface area contributed by atoms with Gasteiger partial charge in [-0.2, -0.15) is 0 Å². The van der Waals surface area contributed by atoms with E-state index in [1.165, 1.54) is 20.2 Å². The van der Waals surface area contributed by atoms with Crippen LogP contribution in [0.15, 0.2) is 64.0 Å². The molecular formula is C22H26N4O5S. The Hall–Kier alpha value is -3.37. The van der Waals surface area contributed by atoms with Crippen LogP contribution in [0.4, 0.5) is 11.5 Å². The Balaban J connectivity index is 1.97. The Labute approximate surface area is 187 Å². The Bertz CT molecular complexity index is 1180. The van der Waals surface area contributed by atoms with E-state index in [1.807, 2.05) is 18.2 Å². The largest absolute Gasteiger partial charge is 0.492 e. The van der Waals surface area contributed by atoms with Crippen molar-refractivity contribution in [2.45, 2.75) is 24.8 Å². The number of sulfonamides is 1. The van der Waals surface area contributed by atoms with E-state index >= 15 is 0 Å². The average molecular weight is 459 g/mol. The number of rotatable bonds is 9. The Kier molecular flexibility index (Phi) is 7.16. The number of benzene rings is 2. The van der Waals surface area contributed by atoms with E-state index in [9.17, 15) is 13.2 Å². The summed E-state index contributed by atoms with van der Waals surface area (Å²) < 4.78 is 37.3. The van der Waals surface area contributed by atoms with E-state index in [2.05, 4.69) is 15.8 Å². The van der Waals surface area contributed by atoms with Gasteiger partial charge in [0.25, 0.3) is 5.91 Å². The molecule has 1 aromatic heterocycles. The molecule has 170 valence electrons. The fourth-order valence-electron chi connectivity index (χ4n) is 3.01. The summed E-state index contributed by atoms with van der Waals surface area (Å²) in [5.74, 6) is 0.716. The normalized spacial score (nSPS) is 12.4. The third kappa shape index (κ3) is 5.27. The zero-order chi connectivity index (χ0) is 23.3. The van der Waals surface area contributed by atoms with E-state index in [0.29, 0.717) is 23.6 Å². The number of carbonyl (C=O) groups excluding carboxylic acids is 1. The third-order valence-corrected chi connectivity index (χ3v) is 6.42. The molecule has 0 aliphatic heterocycles. The highest BCUT2D eigenvalue weighted by Gasteiger charge is 2.26. The fraction of sp³-hybridized carbons (Fsp3) is 0.273. The second-order valence-corrected chi connectivity index (χ2v) is 9.30. The molecule has 2 aromatic carbocycles. The Morgan fingerprint density at radius 2 is 1.88 bits per heavy atom. The van der Waals surface area contributed by atoms with E-state index < -0.39 is 16.1 Å². The van der Waals surface area contributed by atoms with E-state index in [-0.39, 0.29) is 22.4 Å². The van der Waals surface area contributed by atoms with Crippen molar-refractivity contribution in [1.29, 1.82) is 0 Å². The van der Waals surface area contributed by atoms with Crippen molar-refractivity contribution < 1.29 is 22.5 Å².